The van der Waals surface area contributed by atoms with E-state index in [1.54, 1.807) is 6.92 Å². The molecule has 2 atom stereocenters. The lowest BCUT2D eigenvalue weighted by Gasteiger charge is -2.20. The maximum atomic E-state index is 12.3. The van der Waals surface area contributed by atoms with Crippen LogP contribution < -0.4 is 10.6 Å². The maximum Gasteiger partial charge on any atom is 0.234 e. The van der Waals surface area contributed by atoms with Crippen LogP contribution in [0.5, 0.6) is 0 Å². The molecular formula is C18H33N3O2. The Hall–Kier alpha value is -1.10. The summed E-state index contributed by atoms with van der Waals surface area (Å²) in [5.74, 6) is 0.645. The second-order valence-electron chi connectivity index (χ2n) is 7.31. The third kappa shape index (κ3) is 6.13. The van der Waals surface area contributed by atoms with E-state index < -0.39 is 0 Å². The van der Waals surface area contributed by atoms with Crippen LogP contribution in [0, 0.1) is 5.92 Å². The molecule has 5 nitrogen and oxygen atoms in total. The van der Waals surface area contributed by atoms with Gasteiger partial charge < -0.3 is 10.6 Å². The van der Waals surface area contributed by atoms with E-state index in [1.165, 1.54) is 25.7 Å². The van der Waals surface area contributed by atoms with Gasteiger partial charge in [-0.1, -0.05) is 39.0 Å². The summed E-state index contributed by atoms with van der Waals surface area (Å²) in [5, 5.41) is 6.28. The maximum absolute atomic E-state index is 12.3. The number of nitrogens with zero attached hydrogens (tertiary/aromatic N) is 1. The van der Waals surface area contributed by atoms with Gasteiger partial charge in [-0.25, -0.2) is 0 Å². The first-order valence-electron chi connectivity index (χ1n) is 9.37. The van der Waals surface area contributed by atoms with Crippen LogP contribution in [-0.2, 0) is 9.59 Å². The smallest absolute Gasteiger partial charge is 0.234 e. The molecule has 2 unspecified atom stereocenters. The first-order valence-corrected chi connectivity index (χ1v) is 9.37. The molecule has 0 bridgehead atoms. The zero-order valence-electron chi connectivity index (χ0n) is 14.8. The second-order valence-corrected chi connectivity index (χ2v) is 7.31. The molecule has 2 N–H and O–H groups in total. The minimum absolute atomic E-state index is 0.0286. The second kappa shape index (κ2) is 9.26. The molecule has 1 aliphatic heterocycles. The van der Waals surface area contributed by atoms with E-state index in [-0.39, 0.29) is 17.9 Å². The molecule has 0 aromatic heterocycles. The molecule has 0 aromatic carbocycles. The Labute approximate surface area is 140 Å². The molecule has 1 saturated heterocycles. The molecule has 2 amide bonds. The van der Waals surface area contributed by atoms with Gasteiger partial charge in [0, 0.05) is 32.1 Å². The van der Waals surface area contributed by atoms with Crippen molar-refractivity contribution in [3.05, 3.63) is 0 Å². The Morgan fingerprint density at radius 1 is 1.04 bits per heavy atom. The average molecular weight is 323 g/mol. The monoisotopic (exact) mass is 323 g/mol. The minimum Gasteiger partial charge on any atom is -0.352 e. The van der Waals surface area contributed by atoms with Gasteiger partial charge in [0.05, 0.1) is 6.54 Å². The predicted octanol–water partition coefficient (Wildman–Crippen LogP) is 2.06. The van der Waals surface area contributed by atoms with Crippen molar-refractivity contribution in [3.63, 3.8) is 0 Å². The van der Waals surface area contributed by atoms with Gasteiger partial charge in [-0.2, -0.15) is 0 Å². The van der Waals surface area contributed by atoms with E-state index >= 15 is 0 Å². The molecule has 1 heterocycles. The summed E-state index contributed by atoms with van der Waals surface area (Å²) in [7, 11) is 0. The number of nitrogens with one attached hydrogen (secondary N) is 2. The standard InChI is InChI=1S/C18H33N3O2/c1-3-8-15-11-21(12-17(15)19-14(2)22)13-18(23)20-16-9-6-4-5-7-10-16/h15-17H,3-13H2,1-2H3,(H,19,22)(H,20,23). The van der Waals surface area contributed by atoms with Gasteiger partial charge in [-0.3, -0.25) is 14.5 Å². The minimum atomic E-state index is 0.0286. The fourth-order valence-electron chi connectivity index (χ4n) is 4.08. The lowest BCUT2D eigenvalue weighted by molar-refractivity contribution is -0.122. The molecule has 132 valence electrons. The van der Waals surface area contributed by atoms with E-state index in [0.717, 1.165) is 38.8 Å². The van der Waals surface area contributed by atoms with Crippen molar-refractivity contribution in [1.82, 2.24) is 15.5 Å². The van der Waals surface area contributed by atoms with Crippen molar-refractivity contribution in [1.29, 1.82) is 0 Å². The lowest BCUT2D eigenvalue weighted by atomic mass is 9.98. The zero-order chi connectivity index (χ0) is 16.7. The molecule has 0 spiro atoms. The van der Waals surface area contributed by atoms with Crippen LogP contribution in [0.25, 0.3) is 0 Å². The summed E-state index contributed by atoms with van der Waals surface area (Å²) in [6, 6.07) is 0.559. The number of likely N-dealkylation sites (tertiary alicyclic amines) is 1. The highest BCUT2D eigenvalue weighted by molar-refractivity contribution is 5.78. The van der Waals surface area contributed by atoms with Gasteiger partial charge in [0.25, 0.3) is 0 Å². The summed E-state index contributed by atoms with van der Waals surface area (Å²) in [4.78, 5) is 25.9. The van der Waals surface area contributed by atoms with E-state index in [2.05, 4.69) is 22.5 Å². The number of carbonyl (C=O) groups is 2. The van der Waals surface area contributed by atoms with Crippen LogP contribution in [0.1, 0.15) is 65.2 Å². The first kappa shape index (κ1) is 18.2. The predicted molar refractivity (Wildman–Crippen MR) is 92.1 cm³/mol. The van der Waals surface area contributed by atoms with Crippen LogP contribution in [0.4, 0.5) is 0 Å². The van der Waals surface area contributed by atoms with Gasteiger partial charge in [0.15, 0.2) is 0 Å². The Morgan fingerprint density at radius 2 is 1.74 bits per heavy atom. The molecule has 0 radical (unpaired) electrons. The molecule has 1 aliphatic carbocycles. The average Bonchev–Trinajstić information content (AvgIpc) is 2.69. The Balaban J connectivity index is 1.79. The van der Waals surface area contributed by atoms with Crippen LogP contribution >= 0.6 is 0 Å². The van der Waals surface area contributed by atoms with E-state index in [9.17, 15) is 9.59 Å². The molecule has 0 aromatic rings. The van der Waals surface area contributed by atoms with Crippen LogP contribution in [0.3, 0.4) is 0 Å². The largest absolute Gasteiger partial charge is 0.352 e. The SMILES string of the molecule is CCCC1CN(CC(=O)NC2CCCCCC2)CC1NC(C)=O. The lowest BCUT2D eigenvalue weighted by Crippen LogP contribution is -2.43. The summed E-state index contributed by atoms with van der Waals surface area (Å²) >= 11 is 0. The van der Waals surface area contributed by atoms with Crippen molar-refractivity contribution < 1.29 is 9.59 Å². The fraction of sp³-hybridized carbons (Fsp3) is 0.889. The Kier molecular flexibility index (Phi) is 7.34. The van der Waals surface area contributed by atoms with Gasteiger partial charge in [0.2, 0.25) is 11.8 Å². The summed E-state index contributed by atoms with van der Waals surface area (Å²) < 4.78 is 0. The molecule has 2 rings (SSSR count). The number of carbonyl (C=O) groups excluding carboxylic acids is 2. The Bertz CT molecular complexity index is 392. The van der Waals surface area contributed by atoms with Crippen LogP contribution in [0.2, 0.25) is 0 Å². The van der Waals surface area contributed by atoms with Crippen molar-refractivity contribution >= 4 is 11.8 Å². The number of rotatable bonds is 6. The zero-order valence-corrected chi connectivity index (χ0v) is 14.8. The Morgan fingerprint density at radius 3 is 2.35 bits per heavy atom. The van der Waals surface area contributed by atoms with Crippen molar-refractivity contribution in [2.75, 3.05) is 19.6 Å². The van der Waals surface area contributed by atoms with E-state index in [4.69, 9.17) is 0 Å². The van der Waals surface area contributed by atoms with Gasteiger partial charge in [-0.15, -0.1) is 0 Å². The fourth-order valence-corrected chi connectivity index (χ4v) is 4.08. The van der Waals surface area contributed by atoms with E-state index in [0.29, 0.717) is 18.5 Å². The van der Waals surface area contributed by atoms with Gasteiger partial charge in [-0.05, 0) is 25.2 Å². The highest BCUT2D eigenvalue weighted by Gasteiger charge is 2.33. The van der Waals surface area contributed by atoms with Gasteiger partial charge >= 0.3 is 0 Å². The third-order valence-corrected chi connectivity index (χ3v) is 5.15. The number of hydrogen-bond acceptors (Lipinski definition) is 3. The molecule has 5 heteroatoms. The quantitative estimate of drug-likeness (QED) is 0.736. The highest BCUT2D eigenvalue weighted by atomic mass is 16.2. The molecule has 23 heavy (non-hydrogen) atoms. The first-order chi connectivity index (χ1) is 11.1. The van der Waals surface area contributed by atoms with Crippen molar-refractivity contribution in [2.45, 2.75) is 77.3 Å². The van der Waals surface area contributed by atoms with Crippen molar-refractivity contribution in [3.8, 4) is 0 Å². The summed E-state index contributed by atoms with van der Waals surface area (Å²) in [6.07, 6.45) is 9.53. The van der Waals surface area contributed by atoms with E-state index in [1.807, 2.05) is 0 Å². The van der Waals surface area contributed by atoms with Crippen LogP contribution in [-0.4, -0.2) is 48.4 Å². The molecular weight excluding hydrogens is 290 g/mol. The summed E-state index contributed by atoms with van der Waals surface area (Å²) in [5.41, 5.74) is 0. The topological polar surface area (TPSA) is 61.4 Å². The number of hydrogen-bond donors (Lipinski definition) is 2. The molecule has 2 aliphatic rings. The molecule has 2 fully saturated rings. The summed E-state index contributed by atoms with van der Waals surface area (Å²) in [6.45, 7) is 5.92. The van der Waals surface area contributed by atoms with Crippen molar-refractivity contribution in [2.24, 2.45) is 5.92 Å². The van der Waals surface area contributed by atoms with Gasteiger partial charge in [0.1, 0.15) is 0 Å². The third-order valence-electron chi connectivity index (χ3n) is 5.15. The van der Waals surface area contributed by atoms with Crippen LogP contribution in [0.15, 0.2) is 0 Å². The normalized spacial score (nSPS) is 26.7. The highest BCUT2D eigenvalue weighted by Crippen LogP contribution is 2.22. The molecule has 1 saturated carbocycles. The number of amides is 2.